The molecule has 2 aliphatic rings. The third-order valence-electron chi connectivity index (χ3n) is 5.19. The zero-order chi connectivity index (χ0) is 16.2. The summed E-state index contributed by atoms with van der Waals surface area (Å²) in [7, 11) is 0. The molecule has 1 saturated heterocycles. The first-order valence-corrected chi connectivity index (χ1v) is 8.70. The van der Waals surface area contributed by atoms with Gasteiger partial charge in [-0.3, -0.25) is 14.7 Å². The summed E-state index contributed by atoms with van der Waals surface area (Å²) >= 11 is 0. The van der Waals surface area contributed by atoms with Gasteiger partial charge in [-0.1, -0.05) is 12.8 Å². The lowest BCUT2D eigenvalue weighted by Gasteiger charge is -2.36. The molecule has 6 nitrogen and oxygen atoms in total. The Hall–Kier alpha value is -1.85. The Balaban J connectivity index is 1.69. The van der Waals surface area contributed by atoms with Gasteiger partial charge in [-0.25, -0.2) is 0 Å². The van der Waals surface area contributed by atoms with Crippen molar-refractivity contribution in [1.82, 2.24) is 20.4 Å². The van der Waals surface area contributed by atoms with Gasteiger partial charge in [-0.2, -0.15) is 5.10 Å². The van der Waals surface area contributed by atoms with Crippen LogP contribution in [0.15, 0.2) is 12.3 Å². The third kappa shape index (κ3) is 3.74. The number of likely N-dealkylation sites (tertiary alicyclic amines) is 1. The van der Waals surface area contributed by atoms with Gasteiger partial charge in [-0.15, -0.1) is 0 Å². The lowest BCUT2D eigenvalue weighted by molar-refractivity contribution is -0.138. The van der Waals surface area contributed by atoms with Crippen LogP contribution in [0.2, 0.25) is 0 Å². The molecule has 1 aromatic rings. The summed E-state index contributed by atoms with van der Waals surface area (Å²) in [6.07, 6.45) is 8.21. The number of amides is 2. The number of carbonyl (C=O) groups excluding carboxylic acids is 2. The monoisotopic (exact) mass is 318 g/mol. The molecule has 1 aliphatic carbocycles. The summed E-state index contributed by atoms with van der Waals surface area (Å²) in [5, 5.41) is 9.96. The lowest BCUT2D eigenvalue weighted by atomic mass is 9.92. The van der Waals surface area contributed by atoms with E-state index in [4.69, 9.17) is 0 Å². The standard InChI is InChI=1S/C17H26N4O2/c1-12(22)19-16(13-5-2-3-6-13)17(23)21-10-4-7-14(11-21)15-8-9-18-20-15/h8-9,13-14,16H,2-7,10-11H2,1H3,(H,18,20)(H,19,22)/t14-,16+/m0/s1. The van der Waals surface area contributed by atoms with Crippen molar-refractivity contribution < 1.29 is 9.59 Å². The number of aromatic amines is 1. The minimum Gasteiger partial charge on any atom is -0.344 e. The van der Waals surface area contributed by atoms with E-state index in [1.165, 1.54) is 6.92 Å². The molecule has 6 heteroatoms. The molecule has 0 bridgehead atoms. The number of piperidine rings is 1. The Bertz CT molecular complexity index is 537. The van der Waals surface area contributed by atoms with E-state index < -0.39 is 0 Å². The van der Waals surface area contributed by atoms with Crippen LogP contribution in [0.25, 0.3) is 0 Å². The Morgan fingerprint density at radius 2 is 2.09 bits per heavy atom. The summed E-state index contributed by atoms with van der Waals surface area (Å²) in [5.41, 5.74) is 1.10. The molecule has 2 heterocycles. The van der Waals surface area contributed by atoms with Crippen molar-refractivity contribution in [2.24, 2.45) is 5.92 Å². The highest BCUT2D eigenvalue weighted by molar-refractivity contribution is 5.87. The number of hydrogen-bond donors (Lipinski definition) is 2. The van der Waals surface area contributed by atoms with Crippen LogP contribution in [0.1, 0.15) is 57.1 Å². The largest absolute Gasteiger partial charge is 0.344 e. The van der Waals surface area contributed by atoms with Gasteiger partial charge in [0.25, 0.3) is 0 Å². The number of aromatic nitrogens is 2. The molecule has 0 radical (unpaired) electrons. The van der Waals surface area contributed by atoms with Crippen LogP contribution < -0.4 is 5.32 Å². The Morgan fingerprint density at radius 3 is 2.74 bits per heavy atom. The van der Waals surface area contributed by atoms with Crippen LogP contribution in [-0.4, -0.2) is 46.0 Å². The van der Waals surface area contributed by atoms with E-state index in [-0.39, 0.29) is 17.9 Å². The van der Waals surface area contributed by atoms with Crippen LogP contribution in [0.3, 0.4) is 0 Å². The van der Waals surface area contributed by atoms with Crippen LogP contribution in [-0.2, 0) is 9.59 Å². The molecule has 1 saturated carbocycles. The second-order valence-corrected chi connectivity index (χ2v) is 6.86. The molecule has 23 heavy (non-hydrogen) atoms. The van der Waals surface area contributed by atoms with E-state index in [9.17, 15) is 9.59 Å². The molecule has 0 unspecified atom stereocenters. The van der Waals surface area contributed by atoms with Crippen molar-refractivity contribution in [3.8, 4) is 0 Å². The van der Waals surface area contributed by atoms with Crippen LogP contribution >= 0.6 is 0 Å². The number of nitrogens with zero attached hydrogens (tertiary/aromatic N) is 2. The van der Waals surface area contributed by atoms with Gasteiger partial charge >= 0.3 is 0 Å². The molecule has 2 fully saturated rings. The lowest BCUT2D eigenvalue weighted by Crippen LogP contribution is -2.53. The van der Waals surface area contributed by atoms with Gasteiger partial charge in [0.05, 0.1) is 0 Å². The zero-order valence-corrected chi connectivity index (χ0v) is 13.8. The molecular formula is C17H26N4O2. The Morgan fingerprint density at radius 1 is 1.30 bits per heavy atom. The van der Waals surface area contributed by atoms with Crippen LogP contribution in [0, 0.1) is 5.92 Å². The molecule has 0 spiro atoms. The molecule has 1 aromatic heterocycles. The molecule has 126 valence electrons. The van der Waals surface area contributed by atoms with E-state index >= 15 is 0 Å². The first kappa shape index (κ1) is 16.0. The number of carbonyl (C=O) groups is 2. The summed E-state index contributed by atoms with van der Waals surface area (Å²) in [6, 6.07) is 1.64. The van der Waals surface area contributed by atoms with Gasteiger partial charge in [0.1, 0.15) is 6.04 Å². The molecule has 1 aliphatic heterocycles. The molecule has 2 amide bonds. The predicted molar refractivity (Wildman–Crippen MR) is 86.7 cm³/mol. The van der Waals surface area contributed by atoms with Crippen molar-refractivity contribution in [1.29, 1.82) is 0 Å². The van der Waals surface area contributed by atoms with E-state index in [1.807, 2.05) is 11.0 Å². The fraction of sp³-hybridized carbons (Fsp3) is 0.706. The van der Waals surface area contributed by atoms with Gasteiger partial charge in [-0.05, 0) is 37.7 Å². The summed E-state index contributed by atoms with van der Waals surface area (Å²) in [5.74, 6) is 0.587. The summed E-state index contributed by atoms with van der Waals surface area (Å²) in [4.78, 5) is 26.5. The third-order valence-corrected chi connectivity index (χ3v) is 5.19. The van der Waals surface area contributed by atoms with E-state index in [0.29, 0.717) is 18.4 Å². The summed E-state index contributed by atoms with van der Waals surface area (Å²) < 4.78 is 0. The highest BCUT2D eigenvalue weighted by Crippen LogP contribution is 2.31. The topological polar surface area (TPSA) is 78.1 Å². The van der Waals surface area contributed by atoms with E-state index in [0.717, 1.165) is 50.8 Å². The number of H-pyrrole nitrogens is 1. The minimum atomic E-state index is -0.351. The summed E-state index contributed by atoms with van der Waals surface area (Å²) in [6.45, 7) is 2.99. The molecule has 2 atom stereocenters. The second-order valence-electron chi connectivity index (χ2n) is 6.86. The fourth-order valence-electron chi connectivity index (χ4n) is 4.01. The maximum Gasteiger partial charge on any atom is 0.245 e. The van der Waals surface area contributed by atoms with Crippen molar-refractivity contribution in [3.63, 3.8) is 0 Å². The number of hydrogen-bond acceptors (Lipinski definition) is 3. The fourth-order valence-corrected chi connectivity index (χ4v) is 4.01. The molecular weight excluding hydrogens is 292 g/mol. The minimum absolute atomic E-state index is 0.0938. The second kappa shape index (κ2) is 7.15. The van der Waals surface area contributed by atoms with Gasteiger partial charge < -0.3 is 10.2 Å². The normalized spacial score (nSPS) is 23.7. The first-order chi connectivity index (χ1) is 11.1. The smallest absolute Gasteiger partial charge is 0.245 e. The maximum atomic E-state index is 13.0. The number of nitrogens with one attached hydrogen (secondary N) is 2. The highest BCUT2D eigenvalue weighted by Gasteiger charge is 2.36. The Labute approximate surface area is 137 Å². The van der Waals surface area contributed by atoms with Gasteiger partial charge in [0.2, 0.25) is 11.8 Å². The SMILES string of the molecule is CC(=O)N[C@@H](C(=O)N1CCC[C@H](c2ccn[nH]2)C1)C1CCCC1. The van der Waals surface area contributed by atoms with Gasteiger partial charge in [0.15, 0.2) is 0 Å². The molecule has 3 rings (SSSR count). The maximum absolute atomic E-state index is 13.0. The van der Waals surface area contributed by atoms with Gasteiger partial charge in [0, 0.05) is 37.8 Å². The molecule has 2 N–H and O–H groups in total. The number of rotatable bonds is 4. The Kier molecular flexibility index (Phi) is 4.98. The average Bonchev–Trinajstić information content (AvgIpc) is 3.25. The highest BCUT2D eigenvalue weighted by atomic mass is 16.2. The average molecular weight is 318 g/mol. The first-order valence-electron chi connectivity index (χ1n) is 8.70. The molecule has 0 aromatic carbocycles. The van der Waals surface area contributed by atoms with Crippen molar-refractivity contribution in [2.45, 2.75) is 57.4 Å². The van der Waals surface area contributed by atoms with Crippen LogP contribution in [0.5, 0.6) is 0 Å². The quantitative estimate of drug-likeness (QED) is 0.889. The van der Waals surface area contributed by atoms with Crippen molar-refractivity contribution in [3.05, 3.63) is 18.0 Å². The van der Waals surface area contributed by atoms with Crippen molar-refractivity contribution in [2.75, 3.05) is 13.1 Å². The predicted octanol–water partition coefficient (Wildman–Crippen LogP) is 1.81. The van der Waals surface area contributed by atoms with E-state index in [1.54, 1.807) is 6.20 Å². The van der Waals surface area contributed by atoms with Crippen molar-refractivity contribution >= 4 is 11.8 Å². The zero-order valence-electron chi connectivity index (χ0n) is 13.8. The van der Waals surface area contributed by atoms with Crippen LogP contribution in [0.4, 0.5) is 0 Å². The van der Waals surface area contributed by atoms with E-state index in [2.05, 4.69) is 15.5 Å².